The second-order valence-electron chi connectivity index (χ2n) is 15.3. The molecule has 0 spiro atoms. The van der Waals surface area contributed by atoms with Crippen molar-refractivity contribution >= 4 is 16.0 Å². The van der Waals surface area contributed by atoms with Crippen molar-refractivity contribution in [3.63, 3.8) is 0 Å². The highest BCUT2D eigenvalue weighted by molar-refractivity contribution is 7.85. The van der Waals surface area contributed by atoms with Gasteiger partial charge in [0.15, 0.2) is 0 Å². The predicted molar refractivity (Wildman–Crippen MR) is 157 cm³/mol. The van der Waals surface area contributed by atoms with Gasteiger partial charge in [0.2, 0.25) is 5.91 Å². The number of nitrogens with one attached hydrogen (secondary N) is 1. The van der Waals surface area contributed by atoms with E-state index in [1.807, 2.05) is 14.1 Å². The van der Waals surface area contributed by atoms with Gasteiger partial charge in [-0.2, -0.15) is 0 Å². The third-order valence-corrected chi connectivity index (χ3v) is 13.4. The monoisotopic (exact) mass is 566 g/mol. The van der Waals surface area contributed by atoms with E-state index in [0.29, 0.717) is 47.2 Å². The Morgan fingerprint density at radius 3 is 2.41 bits per heavy atom. The molecule has 4 rings (SSSR count). The van der Waals surface area contributed by atoms with E-state index < -0.39 is 10.1 Å². The summed E-state index contributed by atoms with van der Waals surface area (Å²) in [5.74, 6) is 4.99. The third-order valence-electron chi connectivity index (χ3n) is 12.6. The van der Waals surface area contributed by atoms with Gasteiger partial charge in [0, 0.05) is 31.6 Å². The van der Waals surface area contributed by atoms with Crippen LogP contribution in [0.15, 0.2) is 0 Å². The molecule has 4 fully saturated rings. The molecule has 3 unspecified atom stereocenters. The maximum absolute atomic E-state index is 12.7. The first kappa shape index (κ1) is 31.3. The van der Waals surface area contributed by atoms with E-state index in [9.17, 15) is 17.8 Å². The number of carbonyl (C=O) groups excluding carboxylic acids is 1. The molecule has 0 aromatic rings. The fourth-order valence-electron chi connectivity index (χ4n) is 10.4. The number of rotatable bonds is 12. The van der Waals surface area contributed by atoms with Gasteiger partial charge in [-0.05, 0) is 104 Å². The summed E-state index contributed by atoms with van der Waals surface area (Å²) in [5.41, 5.74) is 1.07. The normalized spacial score (nSPS) is 37.4. The van der Waals surface area contributed by atoms with Crippen LogP contribution in [0.1, 0.15) is 111 Å². The summed E-state index contributed by atoms with van der Waals surface area (Å²) in [6.45, 7) is 9.87. The van der Waals surface area contributed by atoms with Crippen LogP contribution >= 0.6 is 0 Å². The van der Waals surface area contributed by atoms with Crippen LogP contribution in [-0.2, 0) is 14.9 Å². The van der Waals surface area contributed by atoms with Gasteiger partial charge < -0.3 is 14.4 Å². The van der Waals surface area contributed by atoms with Crippen LogP contribution in [0.5, 0.6) is 0 Å². The zero-order chi connectivity index (χ0) is 28.5. The summed E-state index contributed by atoms with van der Waals surface area (Å²) in [5, 5.41) is 3.12. The minimum absolute atomic E-state index is 0.163. The van der Waals surface area contributed by atoms with Crippen LogP contribution in [0.25, 0.3) is 0 Å². The van der Waals surface area contributed by atoms with E-state index >= 15 is 0 Å². The predicted octanol–water partition coefficient (Wildman–Crippen LogP) is 5.97. The Morgan fingerprint density at radius 2 is 1.67 bits per heavy atom. The molecule has 8 atom stereocenters. The van der Waals surface area contributed by atoms with Crippen LogP contribution in [0.2, 0.25) is 0 Å². The summed E-state index contributed by atoms with van der Waals surface area (Å²) < 4.78 is 33.2. The van der Waals surface area contributed by atoms with Crippen molar-refractivity contribution in [3.05, 3.63) is 0 Å². The lowest BCUT2D eigenvalue weighted by atomic mass is 9.44. The third kappa shape index (κ3) is 7.23. The molecule has 39 heavy (non-hydrogen) atoms. The maximum Gasteiger partial charge on any atom is 0.220 e. The highest BCUT2D eigenvalue weighted by Gasteiger charge is 2.60. The molecule has 4 aliphatic carbocycles. The first-order valence-corrected chi connectivity index (χ1v) is 17.9. The number of amides is 1. The van der Waals surface area contributed by atoms with Crippen molar-refractivity contribution in [2.45, 2.75) is 111 Å². The highest BCUT2D eigenvalue weighted by atomic mass is 32.2. The van der Waals surface area contributed by atoms with Gasteiger partial charge in [-0.25, -0.2) is 8.42 Å². The maximum atomic E-state index is 12.7. The Morgan fingerprint density at radius 1 is 0.949 bits per heavy atom. The standard InChI is InChI=1S/C32H58N2O4S/c1-24(11-16-30(35)33-20-8-21-34(4,5)22-9-23-39(36,37)38)27-14-15-28-26-13-12-25-10-6-7-18-31(25,2)29(26)17-19-32(27,28)3/h24-29H,6-23H2,1-5H3,(H-,33,35,36,37,38)/t24-,25?,26?,27-,28+,29?,31+,32-/m1/s1. The number of carbonyl (C=O) groups is 1. The average Bonchev–Trinajstić information content (AvgIpc) is 3.21. The van der Waals surface area contributed by atoms with Gasteiger partial charge >= 0.3 is 0 Å². The lowest BCUT2D eigenvalue weighted by molar-refractivity contribution is -0.890. The molecular weight excluding hydrogens is 508 g/mol. The molecule has 0 aliphatic heterocycles. The Labute approximate surface area is 239 Å². The SMILES string of the molecule is C[C@H](CCC(=O)NCCC[N+](C)(C)CCCS(=O)(=O)[O-])[C@H]1CC[C@H]2C3CCC4CCCC[C@]4(C)C3CC[C@]12C. The first-order chi connectivity index (χ1) is 18.3. The molecule has 1 N–H and O–H groups in total. The van der Waals surface area contributed by atoms with Gasteiger partial charge in [-0.3, -0.25) is 4.79 Å². The molecule has 0 saturated heterocycles. The largest absolute Gasteiger partial charge is 0.748 e. The van der Waals surface area contributed by atoms with E-state index in [4.69, 9.17) is 0 Å². The van der Waals surface area contributed by atoms with E-state index in [1.54, 1.807) is 0 Å². The quantitative estimate of drug-likeness (QED) is 0.179. The topological polar surface area (TPSA) is 86.3 Å². The number of fused-ring (bicyclic) bond motifs is 5. The van der Waals surface area contributed by atoms with Crippen molar-refractivity contribution in [1.29, 1.82) is 0 Å². The zero-order valence-corrected chi connectivity index (χ0v) is 26.5. The number of hydrogen-bond acceptors (Lipinski definition) is 4. The lowest BCUT2D eigenvalue weighted by Gasteiger charge is -2.61. The highest BCUT2D eigenvalue weighted by Crippen LogP contribution is 2.68. The first-order valence-electron chi connectivity index (χ1n) is 16.3. The average molecular weight is 567 g/mol. The van der Waals surface area contributed by atoms with Crippen molar-refractivity contribution in [2.24, 2.45) is 46.3 Å². The van der Waals surface area contributed by atoms with Gasteiger partial charge in [0.1, 0.15) is 0 Å². The van der Waals surface area contributed by atoms with E-state index in [2.05, 4.69) is 26.1 Å². The van der Waals surface area contributed by atoms with Gasteiger partial charge in [-0.1, -0.05) is 33.6 Å². The minimum Gasteiger partial charge on any atom is -0.748 e. The van der Waals surface area contributed by atoms with Crippen molar-refractivity contribution < 1.29 is 22.2 Å². The molecule has 4 aliphatic rings. The number of hydrogen-bond donors (Lipinski definition) is 1. The number of quaternary nitrogens is 1. The molecule has 0 aromatic heterocycles. The minimum atomic E-state index is -4.14. The summed E-state index contributed by atoms with van der Waals surface area (Å²) in [4.78, 5) is 12.7. The van der Waals surface area contributed by atoms with Crippen molar-refractivity contribution in [1.82, 2.24) is 5.32 Å². The molecule has 0 aromatic carbocycles. The Bertz CT molecular complexity index is 952. The van der Waals surface area contributed by atoms with Crippen LogP contribution in [0, 0.1) is 46.3 Å². The van der Waals surface area contributed by atoms with Gasteiger partial charge in [0.25, 0.3) is 0 Å². The van der Waals surface area contributed by atoms with E-state index in [-0.39, 0.29) is 11.7 Å². The van der Waals surface area contributed by atoms with Crippen LogP contribution in [0.3, 0.4) is 0 Å². The summed E-state index contributed by atoms with van der Waals surface area (Å²) in [7, 11) is -0.0494. The van der Waals surface area contributed by atoms with E-state index in [0.717, 1.165) is 49.0 Å². The van der Waals surface area contributed by atoms with Crippen LogP contribution in [0.4, 0.5) is 0 Å². The molecule has 226 valence electrons. The molecule has 0 heterocycles. The Kier molecular flexibility index (Phi) is 9.86. The Hall–Kier alpha value is -0.660. The molecule has 1 amide bonds. The number of nitrogens with zero attached hydrogens (tertiary/aromatic N) is 1. The van der Waals surface area contributed by atoms with Crippen LogP contribution in [-0.4, -0.2) is 62.8 Å². The summed E-state index contributed by atoms with van der Waals surface area (Å²) in [6, 6.07) is 0. The molecule has 6 nitrogen and oxygen atoms in total. The molecule has 7 heteroatoms. The smallest absolute Gasteiger partial charge is 0.220 e. The van der Waals surface area contributed by atoms with Crippen molar-refractivity contribution in [2.75, 3.05) is 39.5 Å². The van der Waals surface area contributed by atoms with Gasteiger partial charge in [-0.15, -0.1) is 0 Å². The fourth-order valence-corrected chi connectivity index (χ4v) is 10.9. The second kappa shape index (κ2) is 12.3. The zero-order valence-electron chi connectivity index (χ0n) is 25.7. The molecule has 4 saturated carbocycles. The van der Waals surface area contributed by atoms with Crippen LogP contribution < -0.4 is 5.32 Å². The second-order valence-corrected chi connectivity index (χ2v) is 16.9. The molecular formula is C32H58N2O4S. The van der Waals surface area contributed by atoms with Crippen molar-refractivity contribution in [3.8, 4) is 0 Å². The summed E-state index contributed by atoms with van der Waals surface area (Å²) >= 11 is 0. The summed E-state index contributed by atoms with van der Waals surface area (Å²) in [6.07, 6.45) is 17.2. The Balaban J connectivity index is 1.20. The van der Waals surface area contributed by atoms with Gasteiger partial charge in [0.05, 0.1) is 37.3 Å². The molecule has 0 bridgehead atoms. The fraction of sp³-hybridized carbons (Fsp3) is 0.969. The molecule has 0 radical (unpaired) electrons. The van der Waals surface area contributed by atoms with E-state index in [1.165, 1.54) is 64.2 Å². The lowest BCUT2D eigenvalue weighted by Crippen LogP contribution is -2.53.